The zero-order valence-corrected chi connectivity index (χ0v) is 30.2. The summed E-state index contributed by atoms with van der Waals surface area (Å²) in [5.74, 6) is 1.57. The normalized spacial score (nSPS) is 15.9. The number of nitrogens with zero attached hydrogens (tertiary/aromatic N) is 1. The second-order valence-electron chi connectivity index (χ2n) is 12.4. The van der Waals surface area contributed by atoms with Crippen molar-refractivity contribution in [3.05, 3.63) is 107 Å². The molecule has 0 saturated carbocycles. The first-order valence-corrected chi connectivity index (χ1v) is 17.4. The zero-order chi connectivity index (χ0) is 34.0. The maximum absolute atomic E-state index is 8.15. The molecule has 2 N–H and O–H groups in total. The van der Waals surface area contributed by atoms with Crippen LogP contribution in [0.2, 0.25) is 0 Å². The fourth-order valence-electron chi connectivity index (χ4n) is 5.55. The average molecular weight is 628 g/mol. The molecule has 0 bridgehead atoms. The van der Waals surface area contributed by atoms with Gasteiger partial charge in [-0.15, -0.1) is 0 Å². The van der Waals surface area contributed by atoms with Crippen LogP contribution in [-0.2, 0) is 16.6 Å². The number of hydrogen-bond acceptors (Lipinski definition) is 5. The number of likely N-dealkylation sites (N-methyl/N-ethyl adjacent to an activating group) is 1. The van der Waals surface area contributed by atoms with Gasteiger partial charge in [0.05, 0.1) is 7.11 Å². The lowest BCUT2D eigenvalue weighted by Gasteiger charge is -2.30. The Kier molecular flexibility index (Phi) is 17.2. The van der Waals surface area contributed by atoms with Gasteiger partial charge in [-0.2, -0.15) is 0 Å². The molecule has 0 saturated heterocycles. The summed E-state index contributed by atoms with van der Waals surface area (Å²) in [5.41, 5.74) is 7.04. The van der Waals surface area contributed by atoms with E-state index in [0.29, 0.717) is 12.5 Å². The van der Waals surface area contributed by atoms with Gasteiger partial charge < -0.3 is 14.4 Å². The van der Waals surface area contributed by atoms with Gasteiger partial charge in [-0.3, -0.25) is 10.7 Å². The fourth-order valence-corrected chi connectivity index (χ4v) is 5.55. The number of hydrogen-bond donors (Lipinski definition) is 2. The van der Waals surface area contributed by atoms with Gasteiger partial charge in [0, 0.05) is 35.5 Å². The maximum atomic E-state index is 8.15. The third-order valence-corrected chi connectivity index (χ3v) is 8.47. The molecule has 1 atom stereocenters. The first kappa shape index (κ1) is 38.6. The molecule has 3 aromatic carbocycles. The van der Waals surface area contributed by atoms with Crippen molar-refractivity contribution in [1.82, 2.24) is 5.32 Å². The molecule has 3 aromatic rings. The molecule has 4 rings (SSSR count). The van der Waals surface area contributed by atoms with Crippen LogP contribution in [0.1, 0.15) is 116 Å². The van der Waals surface area contributed by atoms with Crippen molar-refractivity contribution in [2.24, 2.45) is 0 Å². The van der Waals surface area contributed by atoms with Crippen molar-refractivity contribution in [3.8, 4) is 5.75 Å². The summed E-state index contributed by atoms with van der Waals surface area (Å²) in [7, 11) is 1.73. The van der Waals surface area contributed by atoms with Crippen LogP contribution in [0.3, 0.4) is 0 Å². The van der Waals surface area contributed by atoms with Crippen LogP contribution in [0.4, 0.5) is 5.69 Å². The quantitative estimate of drug-likeness (QED) is 0.0857. The van der Waals surface area contributed by atoms with Crippen molar-refractivity contribution in [3.63, 3.8) is 0 Å². The lowest BCUT2D eigenvalue weighted by atomic mass is 9.76. The molecule has 0 aromatic heterocycles. The minimum Gasteiger partial charge on any atom is -0.497 e. The summed E-state index contributed by atoms with van der Waals surface area (Å²) in [6.07, 6.45) is 9.88. The van der Waals surface area contributed by atoms with Crippen LogP contribution in [0, 0.1) is 5.41 Å². The fraction of sp³-hybridized carbons (Fsp3) is 0.488. The van der Waals surface area contributed by atoms with Crippen LogP contribution in [0.5, 0.6) is 5.75 Å². The molecule has 1 aliphatic heterocycles. The van der Waals surface area contributed by atoms with E-state index in [2.05, 4.69) is 108 Å². The summed E-state index contributed by atoms with van der Waals surface area (Å²) in [5, 5.41) is 11.5. The van der Waals surface area contributed by atoms with E-state index in [1.165, 1.54) is 60.2 Å². The standard InChI is InChI=1S/C32H39N3O2.C5H12.C4H10/c1-6-35-29-17-16-27(36-5)20-28(29)32(4,21-24-12-14-25(15-13-24)23(2)3)30(35)18-19-34-22-37-31(33)26-10-8-7-9-11-26;1-3-5-4-2;1-3-4-2/h7-18,20,23,33-34H,6,19,21-22H2,1-5H3;3-5H2,1-2H3;3-4H2,1-2H3/b30-18-,33-31?;;. The van der Waals surface area contributed by atoms with Crippen molar-refractivity contribution in [2.45, 2.75) is 105 Å². The number of allylic oxidation sites excluding steroid dienone is 1. The van der Waals surface area contributed by atoms with Crippen LogP contribution in [0.15, 0.2) is 84.6 Å². The summed E-state index contributed by atoms with van der Waals surface area (Å²) >= 11 is 0. The molecule has 1 heterocycles. The SMILES string of the molecule is CCCC.CCCCC.CCN1/C(=C\CNCOC(=N)c2ccccc2)C(C)(Cc2ccc(C(C)C)cc2)c2cc(OC)ccc21. The number of nitrogens with one attached hydrogen (secondary N) is 2. The molecule has 0 spiro atoms. The molecule has 0 radical (unpaired) electrons. The minimum atomic E-state index is -0.210. The van der Waals surface area contributed by atoms with E-state index < -0.39 is 0 Å². The Balaban J connectivity index is 0.000000723. The van der Waals surface area contributed by atoms with Crippen LogP contribution in [-0.4, -0.2) is 32.8 Å². The van der Waals surface area contributed by atoms with E-state index in [-0.39, 0.29) is 18.0 Å². The maximum Gasteiger partial charge on any atom is 0.214 e. The topological polar surface area (TPSA) is 57.6 Å². The first-order valence-electron chi connectivity index (χ1n) is 17.4. The molecular weight excluding hydrogens is 566 g/mol. The van der Waals surface area contributed by atoms with E-state index in [4.69, 9.17) is 14.9 Å². The van der Waals surface area contributed by atoms with Crippen molar-refractivity contribution in [2.75, 3.05) is 31.8 Å². The minimum absolute atomic E-state index is 0.172. The highest BCUT2D eigenvalue weighted by Gasteiger charge is 2.43. The van der Waals surface area contributed by atoms with Gasteiger partial charge in [0.25, 0.3) is 0 Å². The number of rotatable bonds is 13. The van der Waals surface area contributed by atoms with Gasteiger partial charge in [-0.1, -0.05) is 122 Å². The van der Waals surface area contributed by atoms with E-state index >= 15 is 0 Å². The van der Waals surface area contributed by atoms with Gasteiger partial charge >= 0.3 is 0 Å². The molecule has 252 valence electrons. The highest BCUT2D eigenvalue weighted by atomic mass is 16.5. The third kappa shape index (κ3) is 11.0. The van der Waals surface area contributed by atoms with Gasteiger partial charge in [-0.05, 0) is 73.2 Å². The first-order chi connectivity index (χ1) is 22.2. The van der Waals surface area contributed by atoms with E-state index in [9.17, 15) is 0 Å². The van der Waals surface area contributed by atoms with Crippen LogP contribution >= 0.6 is 0 Å². The number of benzene rings is 3. The van der Waals surface area contributed by atoms with E-state index in [0.717, 1.165) is 24.3 Å². The lowest BCUT2D eigenvalue weighted by molar-refractivity contribution is 0.276. The summed E-state index contributed by atoms with van der Waals surface area (Å²) < 4.78 is 11.2. The van der Waals surface area contributed by atoms with Crippen LogP contribution in [0.25, 0.3) is 0 Å². The summed E-state index contributed by atoms with van der Waals surface area (Å²) in [6.45, 7) is 19.6. The Hall–Kier alpha value is -3.57. The Morgan fingerprint density at radius 3 is 2.07 bits per heavy atom. The Labute approximate surface area is 280 Å². The highest BCUT2D eigenvalue weighted by Crippen LogP contribution is 2.50. The lowest BCUT2D eigenvalue weighted by Crippen LogP contribution is -2.32. The Bertz CT molecular complexity index is 1310. The molecular formula is C41H61N3O2. The number of methoxy groups -OCH3 is 1. The third-order valence-electron chi connectivity index (χ3n) is 8.47. The number of fused-ring (bicyclic) bond motifs is 1. The van der Waals surface area contributed by atoms with Gasteiger partial charge in [0.2, 0.25) is 5.90 Å². The Morgan fingerprint density at radius 1 is 0.891 bits per heavy atom. The van der Waals surface area contributed by atoms with Gasteiger partial charge in [0.1, 0.15) is 12.5 Å². The van der Waals surface area contributed by atoms with Gasteiger partial charge in [0.15, 0.2) is 0 Å². The molecule has 0 fully saturated rings. The molecule has 5 nitrogen and oxygen atoms in total. The predicted octanol–water partition coefficient (Wildman–Crippen LogP) is 10.6. The second kappa shape index (κ2) is 20.5. The largest absolute Gasteiger partial charge is 0.497 e. The molecule has 0 amide bonds. The van der Waals surface area contributed by atoms with Crippen molar-refractivity contribution in [1.29, 1.82) is 5.41 Å². The van der Waals surface area contributed by atoms with E-state index in [1.807, 2.05) is 36.4 Å². The molecule has 1 aliphatic rings. The number of ether oxygens (including phenoxy) is 2. The summed E-state index contributed by atoms with van der Waals surface area (Å²) in [6, 6.07) is 25.0. The Morgan fingerprint density at radius 2 is 1.54 bits per heavy atom. The zero-order valence-electron chi connectivity index (χ0n) is 30.2. The van der Waals surface area contributed by atoms with Gasteiger partial charge in [-0.25, -0.2) is 0 Å². The highest BCUT2D eigenvalue weighted by molar-refractivity contribution is 5.91. The number of unbranched alkanes of at least 4 members (excludes halogenated alkanes) is 3. The molecule has 0 aliphatic carbocycles. The number of anilines is 1. The summed E-state index contributed by atoms with van der Waals surface area (Å²) in [4.78, 5) is 2.41. The average Bonchev–Trinajstić information content (AvgIpc) is 3.31. The monoisotopic (exact) mass is 627 g/mol. The predicted molar refractivity (Wildman–Crippen MR) is 199 cm³/mol. The van der Waals surface area contributed by atoms with Crippen LogP contribution < -0.4 is 15.0 Å². The van der Waals surface area contributed by atoms with Crippen molar-refractivity contribution < 1.29 is 9.47 Å². The molecule has 1 unspecified atom stereocenters. The molecule has 46 heavy (non-hydrogen) atoms. The van der Waals surface area contributed by atoms with E-state index in [1.54, 1.807) is 7.11 Å². The van der Waals surface area contributed by atoms with Crippen molar-refractivity contribution >= 4 is 11.6 Å². The second-order valence-corrected chi connectivity index (χ2v) is 12.4. The molecule has 5 heteroatoms. The smallest absolute Gasteiger partial charge is 0.214 e.